The van der Waals surface area contributed by atoms with Gasteiger partial charge in [-0.05, 0) is 51.8 Å². The van der Waals surface area contributed by atoms with E-state index in [-0.39, 0.29) is 40.4 Å². The lowest BCUT2D eigenvalue weighted by Gasteiger charge is -2.36. The molecule has 2 aliphatic rings. The molecule has 1 saturated carbocycles. The zero-order valence-electron chi connectivity index (χ0n) is 17.6. The molecule has 0 spiro atoms. The van der Waals surface area contributed by atoms with Crippen molar-refractivity contribution in [2.75, 3.05) is 20.2 Å². The number of benzene rings is 1. The number of methoxy groups -OCH3 is 1. The Labute approximate surface area is 176 Å². The van der Waals surface area contributed by atoms with E-state index in [0.717, 1.165) is 12.8 Å². The Morgan fingerprint density at radius 1 is 1.20 bits per heavy atom. The fraction of sp³-hybridized carbons (Fsp3) is 0.600. The van der Waals surface area contributed by atoms with Crippen LogP contribution in [0.5, 0.6) is 5.75 Å². The average Bonchev–Trinajstić information content (AvgIpc) is 3.49. The fourth-order valence-electron chi connectivity index (χ4n) is 3.39. The molecule has 3 rings (SSSR count). The lowest BCUT2D eigenvalue weighted by Crippen LogP contribution is -2.51. The maximum absolute atomic E-state index is 12.7. The number of amides is 1. The van der Waals surface area contributed by atoms with E-state index >= 15 is 0 Å². The number of hydrogen-bond acceptors (Lipinski definition) is 7. The summed E-state index contributed by atoms with van der Waals surface area (Å²) in [5, 5.41) is 0. The molecule has 30 heavy (non-hydrogen) atoms. The van der Waals surface area contributed by atoms with E-state index in [1.807, 2.05) is 13.8 Å². The van der Waals surface area contributed by atoms with E-state index in [2.05, 4.69) is 4.72 Å². The van der Waals surface area contributed by atoms with Gasteiger partial charge in [0.2, 0.25) is 10.0 Å². The second-order valence-electron chi connectivity index (χ2n) is 7.81. The van der Waals surface area contributed by atoms with Crippen molar-refractivity contribution in [2.45, 2.75) is 62.9 Å². The molecule has 9 nitrogen and oxygen atoms in total. The summed E-state index contributed by atoms with van der Waals surface area (Å²) >= 11 is 0. The molecule has 0 radical (unpaired) electrons. The van der Waals surface area contributed by atoms with Crippen LogP contribution in [0.2, 0.25) is 0 Å². The standard InChI is InChI=1S/C20H28N2O7S/c1-12-10-22(11-13(2)28-12)19(23)14(3)29-20(24)15-5-8-17(27-4)18(9-15)30(25,26)21-16-6-7-16/h5,8-9,12-14,16,21H,6-7,10-11H2,1-4H3. The summed E-state index contributed by atoms with van der Waals surface area (Å²) in [5.41, 5.74) is 0.0235. The predicted octanol–water partition coefficient (Wildman–Crippen LogP) is 1.32. The summed E-state index contributed by atoms with van der Waals surface area (Å²) in [6, 6.07) is 3.93. The van der Waals surface area contributed by atoms with Crippen molar-refractivity contribution in [1.82, 2.24) is 9.62 Å². The van der Waals surface area contributed by atoms with Gasteiger partial charge in [0.15, 0.2) is 6.10 Å². The molecule has 3 atom stereocenters. The summed E-state index contributed by atoms with van der Waals surface area (Å²) in [4.78, 5) is 26.8. The van der Waals surface area contributed by atoms with Crippen LogP contribution in [0.15, 0.2) is 23.1 Å². The Balaban J connectivity index is 1.73. The molecule has 2 fully saturated rings. The Bertz CT molecular complexity index is 904. The molecule has 3 unspecified atom stereocenters. The van der Waals surface area contributed by atoms with Gasteiger partial charge in [-0.25, -0.2) is 17.9 Å². The molecule has 10 heteroatoms. The minimum Gasteiger partial charge on any atom is -0.495 e. The maximum atomic E-state index is 12.7. The van der Waals surface area contributed by atoms with Crippen LogP contribution in [0.3, 0.4) is 0 Å². The van der Waals surface area contributed by atoms with E-state index in [4.69, 9.17) is 14.2 Å². The number of hydrogen-bond donors (Lipinski definition) is 1. The Kier molecular flexibility index (Phi) is 6.68. The maximum Gasteiger partial charge on any atom is 0.338 e. The molecule has 1 aliphatic carbocycles. The quantitative estimate of drug-likeness (QED) is 0.637. The molecular weight excluding hydrogens is 412 g/mol. The zero-order valence-corrected chi connectivity index (χ0v) is 18.4. The van der Waals surface area contributed by atoms with E-state index in [1.165, 1.54) is 32.2 Å². The molecule has 0 bridgehead atoms. The summed E-state index contributed by atoms with van der Waals surface area (Å²) < 4.78 is 43.9. The normalized spacial score (nSPS) is 23.0. The lowest BCUT2D eigenvalue weighted by molar-refractivity contribution is -0.151. The molecule has 0 aromatic heterocycles. The third-order valence-electron chi connectivity index (χ3n) is 4.95. The molecule has 1 N–H and O–H groups in total. The second kappa shape index (κ2) is 8.91. The fourth-order valence-corrected chi connectivity index (χ4v) is 4.89. The number of sulfonamides is 1. The largest absolute Gasteiger partial charge is 0.495 e. The van der Waals surface area contributed by atoms with Crippen LogP contribution in [-0.4, -0.2) is 69.7 Å². The van der Waals surface area contributed by atoms with Crippen molar-refractivity contribution in [1.29, 1.82) is 0 Å². The third kappa shape index (κ3) is 5.30. The summed E-state index contributed by atoms with van der Waals surface area (Å²) in [6.45, 7) is 6.09. The number of carbonyl (C=O) groups is 2. The van der Waals surface area contributed by atoms with Crippen LogP contribution < -0.4 is 9.46 Å². The Morgan fingerprint density at radius 3 is 2.40 bits per heavy atom. The van der Waals surface area contributed by atoms with Crippen molar-refractivity contribution < 1.29 is 32.2 Å². The molecule has 1 amide bonds. The van der Waals surface area contributed by atoms with E-state index in [1.54, 1.807) is 4.90 Å². The van der Waals surface area contributed by atoms with E-state index in [9.17, 15) is 18.0 Å². The molecule has 166 valence electrons. The first-order valence-electron chi connectivity index (χ1n) is 9.96. The van der Waals surface area contributed by atoms with Gasteiger partial charge in [0.1, 0.15) is 10.6 Å². The van der Waals surface area contributed by atoms with Gasteiger partial charge in [0, 0.05) is 19.1 Å². The van der Waals surface area contributed by atoms with Crippen LogP contribution in [0.25, 0.3) is 0 Å². The number of nitrogens with one attached hydrogen (secondary N) is 1. The minimum atomic E-state index is -3.84. The van der Waals surface area contributed by atoms with Gasteiger partial charge in [0.25, 0.3) is 5.91 Å². The van der Waals surface area contributed by atoms with E-state index in [0.29, 0.717) is 13.1 Å². The van der Waals surface area contributed by atoms with Gasteiger partial charge in [-0.1, -0.05) is 0 Å². The highest BCUT2D eigenvalue weighted by atomic mass is 32.2. The van der Waals surface area contributed by atoms with Crippen molar-refractivity contribution in [3.63, 3.8) is 0 Å². The van der Waals surface area contributed by atoms with Gasteiger partial charge in [-0.15, -0.1) is 0 Å². The van der Waals surface area contributed by atoms with E-state index < -0.39 is 22.1 Å². The van der Waals surface area contributed by atoms with Crippen LogP contribution in [0.4, 0.5) is 0 Å². The highest BCUT2D eigenvalue weighted by Gasteiger charge is 2.32. The number of rotatable bonds is 7. The van der Waals surface area contributed by atoms with Crippen molar-refractivity contribution >= 4 is 21.9 Å². The molecule has 1 saturated heterocycles. The summed E-state index contributed by atoms with van der Waals surface area (Å²) in [6.07, 6.45) is 0.341. The van der Waals surface area contributed by atoms with Gasteiger partial charge >= 0.3 is 5.97 Å². The topological polar surface area (TPSA) is 111 Å². The number of esters is 1. The highest BCUT2D eigenvalue weighted by molar-refractivity contribution is 7.89. The number of carbonyl (C=O) groups excluding carboxylic acids is 2. The van der Waals surface area contributed by atoms with Crippen molar-refractivity contribution in [3.8, 4) is 5.75 Å². The number of morpholine rings is 1. The lowest BCUT2D eigenvalue weighted by atomic mass is 10.2. The molecule has 1 heterocycles. The monoisotopic (exact) mass is 440 g/mol. The third-order valence-corrected chi connectivity index (χ3v) is 6.49. The van der Waals surface area contributed by atoms with Gasteiger partial charge in [0.05, 0.1) is 24.9 Å². The molecular formula is C20H28N2O7S. The Morgan fingerprint density at radius 2 is 1.83 bits per heavy atom. The molecule has 1 aliphatic heterocycles. The van der Waals surface area contributed by atoms with Gasteiger partial charge in [-0.3, -0.25) is 4.79 Å². The van der Waals surface area contributed by atoms with Crippen LogP contribution in [0.1, 0.15) is 44.0 Å². The van der Waals surface area contributed by atoms with Crippen molar-refractivity contribution in [3.05, 3.63) is 23.8 Å². The summed E-state index contributed by atoms with van der Waals surface area (Å²) in [7, 11) is -2.49. The minimum absolute atomic E-state index is 0.0235. The van der Waals surface area contributed by atoms with Crippen LogP contribution in [-0.2, 0) is 24.3 Å². The first kappa shape index (κ1) is 22.5. The van der Waals surface area contributed by atoms with Crippen molar-refractivity contribution in [2.24, 2.45) is 0 Å². The van der Waals surface area contributed by atoms with Crippen LogP contribution >= 0.6 is 0 Å². The predicted molar refractivity (Wildman–Crippen MR) is 108 cm³/mol. The first-order chi connectivity index (χ1) is 14.1. The number of nitrogens with zero attached hydrogens (tertiary/aromatic N) is 1. The highest BCUT2D eigenvalue weighted by Crippen LogP contribution is 2.28. The first-order valence-corrected chi connectivity index (χ1v) is 11.4. The van der Waals surface area contributed by atoms with Gasteiger partial charge < -0.3 is 19.1 Å². The second-order valence-corrected chi connectivity index (χ2v) is 9.49. The van der Waals surface area contributed by atoms with Crippen LogP contribution in [0, 0.1) is 0 Å². The molecule has 1 aromatic rings. The van der Waals surface area contributed by atoms with Gasteiger partial charge in [-0.2, -0.15) is 0 Å². The molecule has 1 aromatic carbocycles. The number of ether oxygens (including phenoxy) is 3. The average molecular weight is 441 g/mol. The SMILES string of the molecule is COc1ccc(C(=O)OC(C)C(=O)N2CC(C)OC(C)C2)cc1S(=O)(=O)NC1CC1. The zero-order chi connectivity index (χ0) is 22.1. The smallest absolute Gasteiger partial charge is 0.338 e. The summed E-state index contributed by atoms with van der Waals surface area (Å²) in [5.74, 6) is -0.974. The Hall–Kier alpha value is -2.17.